The van der Waals surface area contributed by atoms with Crippen LogP contribution in [-0.2, 0) is 20.2 Å². The average molecular weight is 295 g/mol. The van der Waals surface area contributed by atoms with Gasteiger partial charge in [0, 0.05) is 0 Å². The van der Waals surface area contributed by atoms with Crippen molar-refractivity contribution in [1.29, 1.82) is 0 Å². The molecule has 1 aromatic carbocycles. The van der Waals surface area contributed by atoms with E-state index >= 15 is 0 Å². The van der Waals surface area contributed by atoms with Crippen molar-refractivity contribution in [2.24, 2.45) is 0 Å². The summed E-state index contributed by atoms with van der Waals surface area (Å²) in [7, 11) is -8.94. The van der Waals surface area contributed by atoms with E-state index < -0.39 is 35.7 Å². The summed E-state index contributed by atoms with van der Waals surface area (Å²) in [5.41, 5.74) is 4.72. The Bertz CT molecular complexity index is 593. The molecule has 0 aromatic heterocycles. The summed E-state index contributed by atoms with van der Waals surface area (Å²) in [6.45, 7) is 0. The molecule has 0 amide bonds. The number of hydrogen-bond acceptors (Lipinski definition) is 5. The summed E-state index contributed by atoms with van der Waals surface area (Å²) < 4.78 is 59.9. The van der Waals surface area contributed by atoms with Crippen molar-refractivity contribution in [2.45, 2.75) is 9.79 Å². The first-order valence-corrected chi connectivity index (χ1v) is 6.35. The molecule has 0 atom stereocenters. The Labute approximate surface area is 122 Å². The molecule has 16 heavy (non-hydrogen) atoms. The fourth-order valence-electron chi connectivity index (χ4n) is 0.922. The fraction of sp³-hybridized carbons (Fsp3) is 0. The van der Waals surface area contributed by atoms with Gasteiger partial charge in [-0.1, -0.05) is 0 Å². The van der Waals surface area contributed by atoms with E-state index in [2.05, 4.69) is 0 Å². The zero-order valence-electron chi connectivity index (χ0n) is 7.15. The summed E-state index contributed by atoms with van der Waals surface area (Å²) in [5.74, 6) is 0. The van der Waals surface area contributed by atoms with E-state index in [1.807, 2.05) is 0 Å². The Morgan fingerprint density at radius 1 is 1.00 bits per heavy atom. The van der Waals surface area contributed by atoms with Gasteiger partial charge in [0.15, 0.2) is 0 Å². The number of nitrogens with two attached hydrogens (primary N) is 1. The zero-order valence-corrected chi connectivity index (χ0v) is 8.79. The Morgan fingerprint density at radius 3 is 1.81 bits per heavy atom. The van der Waals surface area contributed by atoms with Crippen molar-refractivity contribution in [3.8, 4) is 0 Å². The van der Waals surface area contributed by atoms with Crippen LogP contribution in [0.2, 0.25) is 0 Å². The first-order chi connectivity index (χ1) is 6.62. The summed E-state index contributed by atoms with van der Waals surface area (Å²) in [6, 6.07) is 2.33. The quantitative estimate of drug-likeness (QED) is 0.356. The van der Waals surface area contributed by atoms with Gasteiger partial charge < -0.3 is 5.73 Å². The molecule has 88 valence electrons. The van der Waals surface area contributed by atoms with Gasteiger partial charge in [0.1, 0.15) is 4.90 Å². The average Bonchev–Trinajstić information content (AvgIpc) is 1.99. The monoisotopic (exact) mass is 295 g/mol. The summed E-state index contributed by atoms with van der Waals surface area (Å²) >= 11 is 0. The molecule has 0 radical (unpaired) electrons. The maximum absolute atomic E-state index is 10.7. The van der Waals surface area contributed by atoms with Crippen LogP contribution in [0.4, 0.5) is 5.69 Å². The molecule has 0 aliphatic rings. The predicted octanol–water partition coefficient (Wildman–Crippen LogP) is -1.15. The number of nitrogen functional groups attached to an aromatic ring is 1. The zero-order chi connectivity index (χ0) is 11.9. The third-order valence-electron chi connectivity index (χ3n) is 1.56. The predicted molar refractivity (Wildman–Crippen MR) is 59.0 cm³/mol. The third kappa shape index (κ3) is 3.84. The van der Waals surface area contributed by atoms with E-state index in [0.717, 1.165) is 18.2 Å². The second-order valence-electron chi connectivity index (χ2n) is 2.65. The Morgan fingerprint density at radius 2 is 1.50 bits per heavy atom. The molecule has 1 aromatic rings. The Balaban J connectivity index is 0.00000225. The van der Waals surface area contributed by atoms with Gasteiger partial charge in [-0.25, -0.2) is 0 Å². The van der Waals surface area contributed by atoms with Gasteiger partial charge in [0.25, 0.3) is 20.2 Å². The van der Waals surface area contributed by atoms with Gasteiger partial charge in [-0.05, 0) is 18.2 Å². The summed E-state index contributed by atoms with van der Waals surface area (Å²) in [4.78, 5) is -1.16. The summed E-state index contributed by atoms with van der Waals surface area (Å²) in [5, 5.41) is 0. The van der Waals surface area contributed by atoms with E-state index in [1.54, 1.807) is 0 Å². The molecule has 0 heterocycles. The second kappa shape index (κ2) is 5.17. The van der Waals surface area contributed by atoms with Crippen LogP contribution in [0.5, 0.6) is 0 Å². The molecular weight excluding hydrogens is 286 g/mol. The molecule has 0 unspecified atom stereocenters. The van der Waals surface area contributed by atoms with Crippen LogP contribution < -0.4 is 5.73 Å². The van der Waals surface area contributed by atoms with E-state index in [9.17, 15) is 16.8 Å². The molecule has 10 heteroatoms. The van der Waals surface area contributed by atoms with Crippen molar-refractivity contribution in [3.05, 3.63) is 18.2 Å². The van der Waals surface area contributed by atoms with Crippen molar-refractivity contribution < 1.29 is 25.9 Å². The van der Waals surface area contributed by atoms with Crippen molar-refractivity contribution in [1.82, 2.24) is 0 Å². The van der Waals surface area contributed by atoms with Crippen LogP contribution in [0.25, 0.3) is 0 Å². The molecule has 1 rings (SSSR count). The molecular formula is C6H9CaNO6S2. The van der Waals surface area contributed by atoms with Crippen LogP contribution in [0.15, 0.2) is 28.0 Å². The Hall–Kier alpha value is 0.0997. The summed E-state index contributed by atoms with van der Waals surface area (Å²) in [6.07, 6.45) is 0. The number of rotatable bonds is 2. The topological polar surface area (TPSA) is 135 Å². The van der Waals surface area contributed by atoms with Gasteiger partial charge in [-0.2, -0.15) is 16.8 Å². The van der Waals surface area contributed by atoms with E-state index in [1.165, 1.54) is 0 Å². The van der Waals surface area contributed by atoms with E-state index in [4.69, 9.17) is 14.8 Å². The molecule has 0 fully saturated rings. The number of benzene rings is 1. The minimum absolute atomic E-state index is 0. The van der Waals surface area contributed by atoms with Gasteiger partial charge in [0.2, 0.25) is 0 Å². The normalized spacial score (nSPS) is 11.9. The van der Waals surface area contributed by atoms with Crippen molar-refractivity contribution >= 4 is 63.7 Å². The second-order valence-corrected chi connectivity index (χ2v) is 5.46. The first kappa shape index (κ1) is 16.1. The standard InChI is InChI=1S/C6H7NO6S2.Ca.2H/c7-5-3-4(14(8,9)10)1-2-6(5)15(11,12)13;;;/h1-3H,7H2,(H,8,9,10)(H,11,12,13);;;. The first-order valence-electron chi connectivity index (χ1n) is 3.47. The molecule has 7 nitrogen and oxygen atoms in total. The fourth-order valence-corrected chi connectivity index (χ4v) is 2.03. The molecule has 0 saturated carbocycles. The SMILES string of the molecule is Nc1cc(S(=O)(=O)O)ccc1S(=O)(=O)O.[CaH2]. The number of anilines is 1. The van der Waals surface area contributed by atoms with Crippen LogP contribution >= 0.6 is 0 Å². The van der Waals surface area contributed by atoms with Crippen molar-refractivity contribution in [2.75, 3.05) is 5.73 Å². The van der Waals surface area contributed by atoms with E-state index in [-0.39, 0.29) is 37.7 Å². The molecule has 0 bridgehead atoms. The third-order valence-corrected chi connectivity index (χ3v) is 3.33. The minimum atomic E-state index is -4.50. The van der Waals surface area contributed by atoms with Crippen LogP contribution in [0.3, 0.4) is 0 Å². The van der Waals surface area contributed by atoms with Crippen LogP contribution in [-0.4, -0.2) is 63.7 Å². The van der Waals surface area contributed by atoms with Crippen LogP contribution in [0.1, 0.15) is 0 Å². The molecule has 0 aliphatic carbocycles. The number of hydrogen-bond donors (Lipinski definition) is 3. The molecule has 0 spiro atoms. The maximum atomic E-state index is 10.7. The van der Waals surface area contributed by atoms with Gasteiger partial charge >= 0.3 is 37.7 Å². The van der Waals surface area contributed by atoms with Crippen molar-refractivity contribution in [3.63, 3.8) is 0 Å². The molecule has 0 aliphatic heterocycles. The van der Waals surface area contributed by atoms with Gasteiger partial charge in [0.05, 0.1) is 10.6 Å². The Kier molecular flexibility index (Phi) is 5.20. The van der Waals surface area contributed by atoms with Gasteiger partial charge in [-0.3, -0.25) is 9.11 Å². The van der Waals surface area contributed by atoms with E-state index in [0.29, 0.717) is 0 Å². The van der Waals surface area contributed by atoms with Gasteiger partial charge in [-0.15, -0.1) is 0 Å². The molecule has 0 saturated heterocycles. The van der Waals surface area contributed by atoms with Crippen LogP contribution in [0, 0.1) is 0 Å². The molecule has 4 N–H and O–H groups in total.